The van der Waals surface area contributed by atoms with Crippen LogP contribution in [0.1, 0.15) is 31.5 Å². The second-order valence-electron chi connectivity index (χ2n) is 3.85. The van der Waals surface area contributed by atoms with Crippen LogP contribution in [-0.4, -0.2) is 29.2 Å². The second-order valence-corrected chi connectivity index (χ2v) is 3.85. The van der Waals surface area contributed by atoms with Gasteiger partial charge in [0.25, 0.3) is 0 Å². The van der Waals surface area contributed by atoms with Crippen molar-refractivity contribution in [1.29, 1.82) is 0 Å². The lowest BCUT2D eigenvalue weighted by Crippen LogP contribution is -2.21. The minimum atomic E-state index is 0.319. The van der Waals surface area contributed by atoms with Gasteiger partial charge in [-0.15, -0.1) is 0 Å². The summed E-state index contributed by atoms with van der Waals surface area (Å²) in [6.45, 7) is 9.48. The highest BCUT2D eigenvalue weighted by molar-refractivity contribution is 5.49. The zero-order valence-corrected chi connectivity index (χ0v) is 11.1. The first-order valence-electron chi connectivity index (χ1n) is 6.12. The maximum absolute atomic E-state index is 5.61. The molecule has 1 atom stereocenters. The van der Waals surface area contributed by atoms with Gasteiger partial charge in [0.1, 0.15) is 5.82 Å². The zero-order chi connectivity index (χ0) is 12.8. The van der Waals surface area contributed by atoms with Crippen LogP contribution in [0.25, 0.3) is 0 Å². The van der Waals surface area contributed by atoms with Crippen LogP contribution in [-0.2, 0) is 4.74 Å². The number of nitrogens with two attached hydrogens (primary N) is 1. The Hall–Kier alpha value is -1.36. The molecule has 2 rings (SSSR count). The number of anilines is 2. The molecule has 0 spiro atoms. The summed E-state index contributed by atoms with van der Waals surface area (Å²) in [7, 11) is 0. The first-order chi connectivity index (χ1) is 8.16. The SMILES string of the molecule is CC.Cc1nc(N)nc(N[C@@H]2CCOC2)c1C. The van der Waals surface area contributed by atoms with E-state index in [1.54, 1.807) is 0 Å². The smallest absolute Gasteiger partial charge is 0.222 e. The molecule has 1 saturated heterocycles. The molecule has 5 nitrogen and oxygen atoms in total. The molecule has 17 heavy (non-hydrogen) atoms. The second kappa shape index (κ2) is 6.39. The van der Waals surface area contributed by atoms with Crippen LogP contribution in [0.2, 0.25) is 0 Å². The Morgan fingerprint density at radius 3 is 2.59 bits per heavy atom. The molecule has 1 aliphatic heterocycles. The number of nitrogens with zero attached hydrogens (tertiary/aromatic N) is 2. The minimum Gasteiger partial charge on any atom is -0.379 e. The molecule has 0 bridgehead atoms. The highest BCUT2D eigenvalue weighted by atomic mass is 16.5. The molecule has 0 saturated carbocycles. The van der Waals surface area contributed by atoms with Crippen LogP contribution in [0.5, 0.6) is 0 Å². The van der Waals surface area contributed by atoms with Gasteiger partial charge < -0.3 is 15.8 Å². The van der Waals surface area contributed by atoms with Gasteiger partial charge in [0, 0.05) is 17.9 Å². The Morgan fingerprint density at radius 2 is 2.00 bits per heavy atom. The van der Waals surface area contributed by atoms with Gasteiger partial charge in [-0.2, -0.15) is 4.98 Å². The molecule has 1 aromatic rings. The predicted molar refractivity (Wildman–Crippen MR) is 70.1 cm³/mol. The van der Waals surface area contributed by atoms with E-state index in [-0.39, 0.29) is 0 Å². The van der Waals surface area contributed by atoms with Crippen molar-refractivity contribution in [2.75, 3.05) is 24.3 Å². The zero-order valence-electron chi connectivity index (χ0n) is 11.1. The fourth-order valence-electron chi connectivity index (χ4n) is 1.63. The number of aryl methyl sites for hydroxylation is 1. The molecule has 5 heteroatoms. The molecule has 0 amide bonds. The Bertz CT molecular complexity index is 362. The lowest BCUT2D eigenvalue weighted by atomic mass is 10.2. The van der Waals surface area contributed by atoms with E-state index < -0.39 is 0 Å². The Labute approximate surface area is 103 Å². The van der Waals surface area contributed by atoms with E-state index in [9.17, 15) is 0 Å². The number of aromatic nitrogens is 2. The van der Waals surface area contributed by atoms with E-state index in [1.165, 1.54) is 0 Å². The van der Waals surface area contributed by atoms with Crippen LogP contribution in [0, 0.1) is 13.8 Å². The van der Waals surface area contributed by atoms with E-state index in [2.05, 4.69) is 15.3 Å². The molecule has 96 valence electrons. The topological polar surface area (TPSA) is 73.1 Å². The molecule has 0 unspecified atom stereocenters. The van der Waals surface area contributed by atoms with Crippen molar-refractivity contribution < 1.29 is 4.74 Å². The van der Waals surface area contributed by atoms with Gasteiger partial charge in [-0.25, -0.2) is 4.98 Å². The third-order valence-corrected chi connectivity index (χ3v) is 2.68. The van der Waals surface area contributed by atoms with Gasteiger partial charge >= 0.3 is 0 Å². The van der Waals surface area contributed by atoms with Crippen LogP contribution in [0.15, 0.2) is 0 Å². The first kappa shape index (κ1) is 13.7. The highest BCUT2D eigenvalue weighted by Gasteiger charge is 2.17. The van der Waals surface area contributed by atoms with Gasteiger partial charge in [-0.1, -0.05) is 13.8 Å². The summed E-state index contributed by atoms with van der Waals surface area (Å²) < 4.78 is 5.29. The van der Waals surface area contributed by atoms with E-state index in [4.69, 9.17) is 10.5 Å². The molecule has 1 aliphatic rings. The number of hydrogen-bond donors (Lipinski definition) is 2. The Kier molecular flexibility index (Phi) is 5.15. The third kappa shape index (κ3) is 3.56. The van der Waals surface area contributed by atoms with Crippen LogP contribution < -0.4 is 11.1 Å². The van der Waals surface area contributed by atoms with Crippen LogP contribution in [0.4, 0.5) is 11.8 Å². The molecule has 2 heterocycles. The van der Waals surface area contributed by atoms with Gasteiger partial charge in [-0.05, 0) is 20.3 Å². The van der Waals surface area contributed by atoms with Crippen molar-refractivity contribution >= 4 is 11.8 Å². The van der Waals surface area contributed by atoms with Gasteiger partial charge in [0.15, 0.2) is 0 Å². The summed E-state index contributed by atoms with van der Waals surface area (Å²) in [5, 5.41) is 3.33. The maximum atomic E-state index is 5.61. The molecule has 0 aromatic carbocycles. The number of nitrogen functional groups attached to an aromatic ring is 1. The van der Waals surface area contributed by atoms with Crippen LogP contribution >= 0.6 is 0 Å². The summed E-state index contributed by atoms with van der Waals surface area (Å²) in [4.78, 5) is 8.30. The average Bonchev–Trinajstić information content (AvgIpc) is 2.81. The van der Waals surface area contributed by atoms with Gasteiger partial charge in [0.2, 0.25) is 5.95 Å². The molecule has 0 radical (unpaired) electrons. The monoisotopic (exact) mass is 238 g/mol. The van der Waals surface area contributed by atoms with Gasteiger partial charge in [0.05, 0.1) is 12.6 Å². The van der Waals surface area contributed by atoms with Crippen molar-refractivity contribution in [3.05, 3.63) is 11.3 Å². The summed E-state index contributed by atoms with van der Waals surface area (Å²) in [6.07, 6.45) is 1.02. The number of ether oxygens (including phenoxy) is 1. The lowest BCUT2D eigenvalue weighted by Gasteiger charge is -2.14. The van der Waals surface area contributed by atoms with Crippen LogP contribution in [0.3, 0.4) is 0 Å². The third-order valence-electron chi connectivity index (χ3n) is 2.68. The lowest BCUT2D eigenvalue weighted by molar-refractivity contribution is 0.195. The molecular formula is C12H22N4O. The fourth-order valence-corrected chi connectivity index (χ4v) is 1.63. The quantitative estimate of drug-likeness (QED) is 0.823. The summed E-state index contributed by atoms with van der Waals surface area (Å²) >= 11 is 0. The minimum absolute atomic E-state index is 0.319. The van der Waals surface area contributed by atoms with E-state index in [0.717, 1.165) is 36.7 Å². The normalized spacial score (nSPS) is 18.5. The van der Waals surface area contributed by atoms with Crippen molar-refractivity contribution in [3.8, 4) is 0 Å². The van der Waals surface area contributed by atoms with Crippen molar-refractivity contribution in [3.63, 3.8) is 0 Å². The summed E-state index contributed by atoms with van der Waals surface area (Å²) in [6, 6.07) is 0.345. The van der Waals surface area contributed by atoms with E-state index >= 15 is 0 Å². The van der Waals surface area contributed by atoms with Crippen molar-refractivity contribution in [2.45, 2.75) is 40.2 Å². The largest absolute Gasteiger partial charge is 0.379 e. The summed E-state index contributed by atoms with van der Waals surface area (Å²) in [5.74, 6) is 1.15. The Morgan fingerprint density at radius 1 is 1.29 bits per heavy atom. The van der Waals surface area contributed by atoms with Crippen molar-refractivity contribution in [1.82, 2.24) is 9.97 Å². The average molecular weight is 238 g/mol. The summed E-state index contributed by atoms with van der Waals surface area (Å²) in [5.41, 5.74) is 7.58. The molecule has 0 aliphatic carbocycles. The molecule has 1 fully saturated rings. The van der Waals surface area contributed by atoms with E-state index in [1.807, 2.05) is 27.7 Å². The molecule has 1 aromatic heterocycles. The standard InChI is InChI=1S/C10H16N4O.C2H6/c1-6-7(2)12-10(11)14-9(6)13-8-3-4-15-5-8;1-2/h8H,3-5H2,1-2H3,(H3,11,12,13,14);1-2H3/t8-;/m1./s1. The predicted octanol–water partition coefficient (Wildman–Crippen LogP) is 1.90. The fraction of sp³-hybridized carbons (Fsp3) is 0.667. The Balaban J connectivity index is 0.000000686. The first-order valence-corrected chi connectivity index (χ1v) is 6.12. The maximum Gasteiger partial charge on any atom is 0.222 e. The van der Waals surface area contributed by atoms with Gasteiger partial charge in [-0.3, -0.25) is 0 Å². The number of hydrogen-bond acceptors (Lipinski definition) is 5. The molecule has 3 N–H and O–H groups in total. The number of nitrogens with one attached hydrogen (secondary N) is 1. The number of rotatable bonds is 2. The van der Waals surface area contributed by atoms with E-state index in [0.29, 0.717) is 12.0 Å². The highest BCUT2D eigenvalue weighted by Crippen LogP contribution is 2.18. The molecular weight excluding hydrogens is 216 g/mol. The van der Waals surface area contributed by atoms with Crippen molar-refractivity contribution in [2.24, 2.45) is 0 Å².